The zero-order chi connectivity index (χ0) is 13.1. The number of pyridine rings is 1. The van der Waals surface area contributed by atoms with Crippen molar-refractivity contribution < 1.29 is 0 Å². The van der Waals surface area contributed by atoms with E-state index in [1.165, 1.54) is 11.1 Å². The fourth-order valence-corrected chi connectivity index (χ4v) is 2.57. The van der Waals surface area contributed by atoms with Crippen LogP contribution in [0.15, 0.2) is 18.2 Å². The zero-order valence-electron chi connectivity index (χ0n) is 11.4. The normalized spacial score (nSPS) is 10.9. The Morgan fingerprint density at radius 3 is 2.67 bits per heavy atom. The molecule has 0 amide bonds. The van der Waals surface area contributed by atoms with Crippen molar-refractivity contribution in [3.63, 3.8) is 0 Å². The molecular formula is C15H21N3. The van der Waals surface area contributed by atoms with Gasteiger partial charge in [-0.25, -0.2) is 0 Å². The van der Waals surface area contributed by atoms with Crippen LogP contribution < -0.4 is 11.3 Å². The lowest BCUT2D eigenvalue weighted by molar-refractivity contribution is 0.924. The van der Waals surface area contributed by atoms with Crippen LogP contribution in [0.3, 0.4) is 0 Å². The van der Waals surface area contributed by atoms with Crippen molar-refractivity contribution >= 4 is 16.6 Å². The van der Waals surface area contributed by atoms with Gasteiger partial charge in [-0.3, -0.25) is 10.8 Å². The van der Waals surface area contributed by atoms with E-state index in [0.29, 0.717) is 0 Å². The average Bonchev–Trinajstić information content (AvgIpc) is 2.38. The number of hydrazine groups is 1. The quantitative estimate of drug-likeness (QED) is 0.639. The predicted octanol–water partition coefficient (Wildman–Crippen LogP) is 3.34. The van der Waals surface area contributed by atoms with E-state index in [9.17, 15) is 0 Å². The third kappa shape index (κ3) is 2.06. The highest BCUT2D eigenvalue weighted by Gasteiger charge is 2.12. The minimum Gasteiger partial charge on any atom is -0.323 e. The van der Waals surface area contributed by atoms with Crippen LogP contribution in [0.1, 0.15) is 37.1 Å². The van der Waals surface area contributed by atoms with Crippen molar-refractivity contribution in [2.45, 2.75) is 40.0 Å². The Morgan fingerprint density at radius 1 is 1.28 bits per heavy atom. The zero-order valence-corrected chi connectivity index (χ0v) is 11.4. The highest BCUT2D eigenvalue weighted by molar-refractivity contribution is 5.95. The molecule has 96 valence electrons. The Hall–Kier alpha value is -1.61. The largest absolute Gasteiger partial charge is 0.323 e. The molecule has 2 aromatic rings. The van der Waals surface area contributed by atoms with Crippen LogP contribution in [0.4, 0.5) is 5.69 Å². The molecule has 1 aromatic carbocycles. The van der Waals surface area contributed by atoms with Gasteiger partial charge in [-0.2, -0.15) is 0 Å². The maximum Gasteiger partial charge on any atom is 0.0758 e. The van der Waals surface area contributed by atoms with Gasteiger partial charge in [0, 0.05) is 11.1 Å². The molecule has 0 unspecified atom stereocenters. The molecule has 3 N–H and O–H groups in total. The molecule has 0 spiro atoms. The molecule has 0 aliphatic heterocycles. The highest BCUT2D eigenvalue weighted by Crippen LogP contribution is 2.30. The summed E-state index contributed by atoms with van der Waals surface area (Å²) in [5, 5.41) is 1.13. The van der Waals surface area contributed by atoms with Crippen LogP contribution in [0.5, 0.6) is 0 Å². The van der Waals surface area contributed by atoms with Gasteiger partial charge in [-0.1, -0.05) is 38.5 Å². The lowest BCUT2D eigenvalue weighted by Crippen LogP contribution is -2.12. The molecule has 0 fully saturated rings. The third-order valence-corrected chi connectivity index (χ3v) is 3.42. The number of rotatable bonds is 4. The van der Waals surface area contributed by atoms with E-state index in [2.05, 4.69) is 44.4 Å². The summed E-state index contributed by atoms with van der Waals surface area (Å²) >= 11 is 0. The van der Waals surface area contributed by atoms with Gasteiger partial charge in [-0.15, -0.1) is 0 Å². The van der Waals surface area contributed by atoms with Crippen molar-refractivity contribution in [1.82, 2.24) is 4.98 Å². The Kier molecular flexibility index (Phi) is 3.82. The summed E-state index contributed by atoms with van der Waals surface area (Å²) in [6.07, 6.45) is 3.12. The number of benzene rings is 1. The van der Waals surface area contributed by atoms with Gasteiger partial charge >= 0.3 is 0 Å². The van der Waals surface area contributed by atoms with Gasteiger partial charge in [0.25, 0.3) is 0 Å². The smallest absolute Gasteiger partial charge is 0.0758 e. The Labute approximate surface area is 108 Å². The molecule has 0 radical (unpaired) electrons. The molecule has 2 rings (SSSR count). The van der Waals surface area contributed by atoms with Gasteiger partial charge in [0.05, 0.1) is 11.2 Å². The van der Waals surface area contributed by atoms with Crippen molar-refractivity contribution in [1.29, 1.82) is 0 Å². The molecule has 0 bridgehead atoms. The third-order valence-electron chi connectivity index (χ3n) is 3.42. The SMILES string of the molecule is CCCc1cccc2c(NN)c(CC)c(C)nc12. The van der Waals surface area contributed by atoms with E-state index in [1.807, 2.05) is 0 Å². The topological polar surface area (TPSA) is 50.9 Å². The monoisotopic (exact) mass is 243 g/mol. The summed E-state index contributed by atoms with van der Waals surface area (Å²) in [6, 6.07) is 6.34. The minimum atomic E-state index is 0.937. The first-order valence-corrected chi connectivity index (χ1v) is 6.60. The number of nitrogens with two attached hydrogens (primary N) is 1. The Morgan fingerprint density at radius 2 is 2.06 bits per heavy atom. The van der Waals surface area contributed by atoms with Crippen LogP contribution in [0, 0.1) is 6.92 Å². The van der Waals surface area contributed by atoms with Gasteiger partial charge in [-0.05, 0) is 30.9 Å². The maximum absolute atomic E-state index is 5.71. The molecule has 3 heteroatoms. The van der Waals surface area contributed by atoms with Gasteiger partial charge in [0.2, 0.25) is 0 Å². The number of nitrogen functional groups attached to an aromatic ring is 1. The van der Waals surface area contributed by atoms with Gasteiger partial charge in [0.1, 0.15) is 0 Å². The Balaban J connectivity index is 2.78. The molecule has 0 saturated heterocycles. The number of nitrogens with zero attached hydrogens (tertiary/aromatic N) is 1. The van der Waals surface area contributed by atoms with Crippen molar-refractivity contribution in [2.75, 3.05) is 5.43 Å². The van der Waals surface area contributed by atoms with Gasteiger partial charge < -0.3 is 5.43 Å². The van der Waals surface area contributed by atoms with Crippen molar-refractivity contribution in [3.8, 4) is 0 Å². The summed E-state index contributed by atoms with van der Waals surface area (Å²) < 4.78 is 0. The van der Waals surface area contributed by atoms with E-state index in [-0.39, 0.29) is 0 Å². The summed E-state index contributed by atoms with van der Waals surface area (Å²) in [5.74, 6) is 5.71. The summed E-state index contributed by atoms with van der Waals surface area (Å²) in [5.41, 5.74) is 8.55. The maximum atomic E-state index is 5.71. The fraction of sp³-hybridized carbons (Fsp3) is 0.400. The second kappa shape index (κ2) is 5.36. The van der Waals surface area contributed by atoms with E-state index in [4.69, 9.17) is 10.8 Å². The molecule has 3 nitrogen and oxygen atoms in total. The highest BCUT2D eigenvalue weighted by atomic mass is 15.2. The van der Waals surface area contributed by atoms with Crippen molar-refractivity contribution in [2.24, 2.45) is 5.84 Å². The van der Waals surface area contributed by atoms with E-state index in [1.54, 1.807) is 0 Å². The number of para-hydroxylation sites is 1. The molecule has 0 atom stereocenters. The average molecular weight is 243 g/mol. The molecule has 0 aliphatic carbocycles. The van der Waals surface area contributed by atoms with Crippen LogP contribution >= 0.6 is 0 Å². The van der Waals surface area contributed by atoms with E-state index < -0.39 is 0 Å². The van der Waals surface area contributed by atoms with Gasteiger partial charge in [0.15, 0.2) is 0 Å². The summed E-state index contributed by atoms with van der Waals surface area (Å²) in [6.45, 7) is 6.38. The minimum absolute atomic E-state index is 0.937. The second-order valence-corrected chi connectivity index (χ2v) is 4.61. The molecular weight excluding hydrogens is 222 g/mol. The lowest BCUT2D eigenvalue weighted by Gasteiger charge is -2.15. The number of aryl methyl sites for hydroxylation is 2. The number of hydrogen-bond donors (Lipinski definition) is 2. The number of hydrogen-bond acceptors (Lipinski definition) is 3. The molecule has 0 saturated carbocycles. The first kappa shape index (κ1) is 12.8. The molecule has 1 heterocycles. The van der Waals surface area contributed by atoms with Crippen molar-refractivity contribution in [3.05, 3.63) is 35.0 Å². The van der Waals surface area contributed by atoms with E-state index >= 15 is 0 Å². The van der Waals surface area contributed by atoms with E-state index in [0.717, 1.165) is 41.5 Å². The Bertz CT molecular complexity index is 561. The molecule has 0 aliphatic rings. The first-order valence-electron chi connectivity index (χ1n) is 6.60. The van der Waals surface area contributed by atoms with Crippen LogP contribution in [0.2, 0.25) is 0 Å². The number of nitrogens with one attached hydrogen (secondary N) is 1. The predicted molar refractivity (Wildman–Crippen MR) is 77.7 cm³/mol. The van der Waals surface area contributed by atoms with Crippen LogP contribution in [0.25, 0.3) is 10.9 Å². The number of fused-ring (bicyclic) bond motifs is 1. The molecule has 1 aromatic heterocycles. The number of aromatic nitrogens is 1. The summed E-state index contributed by atoms with van der Waals surface area (Å²) in [4.78, 5) is 4.78. The lowest BCUT2D eigenvalue weighted by atomic mass is 10.00. The first-order chi connectivity index (χ1) is 8.72. The summed E-state index contributed by atoms with van der Waals surface area (Å²) in [7, 11) is 0. The van der Waals surface area contributed by atoms with Crippen LogP contribution in [-0.2, 0) is 12.8 Å². The van der Waals surface area contributed by atoms with Crippen LogP contribution in [-0.4, -0.2) is 4.98 Å². The number of anilines is 1. The standard InChI is InChI=1S/C15H21N3/c1-4-7-11-8-6-9-13-14(11)17-10(3)12(5-2)15(13)18-16/h6,8-9H,4-5,7,16H2,1-3H3,(H,17,18). The molecule has 18 heavy (non-hydrogen) atoms. The second-order valence-electron chi connectivity index (χ2n) is 4.61. The fourth-order valence-electron chi connectivity index (χ4n) is 2.57.